The van der Waals surface area contributed by atoms with Gasteiger partial charge in [0.15, 0.2) is 0 Å². The van der Waals surface area contributed by atoms with Crippen LogP contribution in [0.1, 0.15) is 31.2 Å². The number of likely N-dealkylation sites (tertiary alicyclic amines) is 1. The molecule has 2 aliphatic rings. The first kappa shape index (κ1) is 13.6. The van der Waals surface area contributed by atoms with Crippen LogP contribution in [0.15, 0.2) is 30.3 Å². The van der Waals surface area contributed by atoms with Crippen molar-refractivity contribution in [2.24, 2.45) is 5.41 Å². The van der Waals surface area contributed by atoms with E-state index in [0.717, 1.165) is 45.2 Å². The van der Waals surface area contributed by atoms with Crippen LogP contribution in [0, 0.1) is 5.41 Å². The average Bonchev–Trinajstić information content (AvgIpc) is 2.48. The van der Waals surface area contributed by atoms with Gasteiger partial charge in [-0.2, -0.15) is 0 Å². The zero-order valence-corrected chi connectivity index (χ0v) is 12.3. The van der Waals surface area contributed by atoms with Crippen LogP contribution >= 0.6 is 0 Å². The highest BCUT2D eigenvalue weighted by molar-refractivity contribution is 5.90. The summed E-state index contributed by atoms with van der Waals surface area (Å²) >= 11 is 0. The molecule has 3 heteroatoms. The van der Waals surface area contributed by atoms with E-state index in [0.29, 0.717) is 11.9 Å². The SMILES string of the molecule is CN1CCC2(CC1)C(=O)NC2CCCc1ccccc1. The normalized spacial score (nSPS) is 25.2. The molecule has 108 valence electrons. The molecule has 1 aromatic carbocycles. The molecule has 0 radical (unpaired) electrons. The number of hydrogen-bond donors (Lipinski definition) is 1. The molecule has 2 saturated heterocycles. The number of piperidine rings is 1. The molecule has 0 saturated carbocycles. The van der Waals surface area contributed by atoms with Crippen LogP contribution in [0.2, 0.25) is 0 Å². The lowest BCUT2D eigenvalue weighted by molar-refractivity contribution is -0.151. The van der Waals surface area contributed by atoms with Crippen LogP contribution in [-0.4, -0.2) is 37.0 Å². The largest absolute Gasteiger partial charge is 0.352 e. The fourth-order valence-electron chi connectivity index (χ4n) is 3.62. The smallest absolute Gasteiger partial charge is 0.228 e. The topological polar surface area (TPSA) is 32.3 Å². The van der Waals surface area contributed by atoms with Gasteiger partial charge < -0.3 is 10.2 Å². The van der Waals surface area contributed by atoms with E-state index in [1.807, 2.05) is 0 Å². The fraction of sp³-hybridized carbons (Fsp3) is 0.588. The number of carbonyl (C=O) groups is 1. The fourth-order valence-corrected chi connectivity index (χ4v) is 3.62. The molecule has 1 spiro atoms. The molecule has 2 aliphatic heterocycles. The quantitative estimate of drug-likeness (QED) is 0.852. The molecular weight excluding hydrogens is 248 g/mol. The average molecular weight is 272 g/mol. The molecular formula is C17H24N2O. The van der Waals surface area contributed by atoms with Crippen molar-refractivity contribution in [2.75, 3.05) is 20.1 Å². The van der Waals surface area contributed by atoms with E-state index >= 15 is 0 Å². The number of rotatable bonds is 4. The van der Waals surface area contributed by atoms with Crippen molar-refractivity contribution < 1.29 is 4.79 Å². The van der Waals surface area contributed by atoms with Crippen LogP contribution < -0.4 is 5.32 Å². The summed E-state index contributed by atoms with van der Waals surface area (Å²) in [5.41, 5.74) is 1.36. The van der Waals surface area contributed by atoms with Crippen molar-refractivity contribution in [2.45, 2.75) is 38.1 Å². The van der Waals surface area contributed by atoms with Gasteiger partial charge in [0.25, 0.3) is 0 Å². The van der Waals surface area contributed by atoms with Crippen molar-refractivity contribution in [3.05, 3.63) is 35.9 Å². The van der Waals surface area contributed by atoms with Gasteiger partial charge in [0, 0.05) is 6.04 Å². The zero-order chi connectivity index (χ0) is 14.0. The molecule has 0 bridgehead atoms. The lowest BCUT2D eigenvalue weighted by atomic mass is 9.64. The van der Waals surface area contributed by atoms with Crippen molar-refractivity contribution in [1.29, 1.82) is 0 Å². The molecule has 2 heterocycles. The Hall–Kier alpha value is -1.35. The number of aryl methyl sites for hydroxylation is 1. The summed E-state index contributed by atoms with van der Waals surface area (Å²) in [5.74, 6) is 0.301. The summed E-state index contributed by atoms with van der Waals surface area (Å²) in [6.07, 6.45) is 5.46. The Morgan fingerprint density at radius 2 is 1.95 bits per heavy atom. The number of hydrogen-bond acceptors (Lipinski definition) is 2. The number of carbonyl (C=O) groups excluding carboxylic acids is 1. The first-order valence-electron chi connectivity index (χ1n) is 7.74. The molecule has 1 unspecified atom stereocenters. The number of β-lactam (4-membered cyclic amide) rings is 1. The minimum absolute atomic E-state index is 0.0385. The first-order valence-corrected chi connectivity index (χ1v) is 7.74. The van der Waals surface area contributed by atoms with Gasteiger partial charge in [-0.3, -0.25) is 4.79 Å². The van der Waals surface area contributed by atoms with Gasteiger partial charge in [0.1, 0.15) is 0 Å². The third-order valence-corrected chi connectivity index (χ3v) is 5.10. The Morgan fingerprint density at radius 1 is 1.25 bits per heavy atom. The number of nitrogens with zero attached hydrogens (tertiary/aromatic N) is 1. The minimum Gasteiger partial charge on any atom is -0.352 e. The lowest BCUT2D eigenvalue weighted by Gasteiger charge is -2.52. The van der Waals surface area contributed by atoms with E-state index in [4.69, 9.17) is 0 Å². The molecule has 1 amide bonds. The Kier molecular flexibility index (Phi) is 3.79. The monoisotopic (exact) mass is 272 g/mol. The maximum atomic E-state index is 12.0. The molecule has 3 rings (SSSR count). The predicted octanol–water partition coefficient (Wildman–Crippen LogP) is 2.22. The van der Waals surface area contributed by atoms with E-state index in [1.165, 1.54) is 5.56 Å². The molecule has 1 atom stereocenters. The van der Waals surface area contributed by atoms with Crippen molar-refractivity contribution in [3.63, 3.8) is 0 Å². The van der Waals surface area contributed by atoms with E-state index in [1.54, 1.807) is 0 Å². The molecule has 20 heavy (non-hydrogen) atoms. The highest BCUT2D eigenvalue weighted by Crippen LogP contribution is 2.43. The summed E-state index contributed by atoms with van der Waals surface area (Å²) in [6, 6.07) is 11.0. The molecule has 1 aromatic rings. The Bertz CT molecular complexity index is 463. The van der Waals surface area contributed by atoms with Crippen LogP contribution in [0.3, 0.4) is 0 Å². The van der Waals surface area contributed by atoms with Crippen LogP contribution in [0.4, 0.5) is 0 Å². The predicted molar refractivity (Wildman–Crippen MR) is 80.5 cm³/mol. The summed E-state index contributed by atoms with van der Waals surface area (Å²) in [7, 11) is 2.15. The maximum absolute atomic E-state index is 12.0. The summed E-state index contributed by atoms with van der Waals surface area (Å²) < 4.78 is 0. The standard InChI is InChI=1S/C17H24N2O/c1-19-12-10-17(11-13-19)15(18-16(17)20)9-5-8-14-6-3-2-4-7-14/h2-4,6-7,15H,5,8-13H2,1H3,(H,18,20). The van der Waals surface area contributed by atoms with Crippen LogP contribution in [0.25, 0.3) is 0 Å². The van der Waals surface area contributed by atoms with E-state index < -0.39 is 0 Å². The second-order valence-corrected chi connectivity index (χ2v) is 6.36. The summed E-state index contributed by atoms with van der Waals surface area (Å²) in [5, 5.41) is 3.15. The summed E-state index contributed by atoms with van der Waals surface area (Å²) in [6.45, 7) is 2.12. The van der Waals surface area contributed by atoms with Gasteiger partial charge in [0.2, 0.25) is 5.91 Å². The number of amides is 1. The number of benzene rings is 1. The highest BCUT2D eigenvalue weighted by atomic mass is 16.2. The Morgan fingerprint density at radius 3 is 2.60 bits per heavy atom. The Labute approximate surface area is 121 Å². The molecule has 3 nitrogen and oxygen atoms in total. The van der Waals surface area contributed by atoms with Crippen molar-refractivity contribution in [3.8, 4) is 0 Å². The highest BCUT2D eigenvalue weighted by Gasteiger charge is 2.54. The molecule has 2 fully saturated rings. The van der Waals surface area contributed by atoms with Crippen LogP contribution in [-0.2, 0) is 11.2 Å². The second kappa shape index (κ2) is 5.57. The van der Waals surface area contributed by atoms with E-state index in [2.05, 4.69) is 47.6 Å². The second-order valence-electron chi connectivity index (χ2n) is 6.36. The lowest BCUT2D eigenvalue weighted by Crippen LogP contribution is -2.69. The van der Waals surface area contributed by atoms with Crippen molar-refractivity contribution in [1.82, 2.24) is 10.2 Å². The first-order chi connectivity index (χ1) is 9.71. The van der Waals surface area contributed by atoms with E-state index in [-0.39, 0.29) is 5.41 Å². The molecule has 1 N–H and O–H groups in total. The molecule has 0 aromatic heterocycles. The zero-order valence-electron chi connectivity index (χ0n) is 12.3. The summed E-state index contributed by atoms with van der Waals surface area (Å²) in [4.78, 5) is 14.4. The van der Waals surface area contributed by atoms with E-state index in [9.17, 15) is 4.79 Å². The van der Waals surface area contributed by atoms with Crippen LogP contribution in [0.5, 0.6) is 0 Å². The third-order valence-electron chi connectivity index (χ3n) is 5.10. The Balaban J connectivity index is 1.52. The van der Waals surface area contributed by atoms with Gasteiger partial charge in [0.05, 0.1) is 5.41 Å². The van der Waals surface area contributed by atoms with Gasteiger partial charge in [-0.05, 0) is 57.8 Å². The third kappa shape index (κ3) is 2.47. The van der Waals surface area contributed by atoms with Crippen molar-refractivity contribution >= 4 is 5.91 Å². The minimum atomic E-state index is -0.0385. The van der Waals surface area contributed by atoms with Gasteiger partial charge in [-0.15, -0.1) is 0 Å². The van der Waals surface area contributed by atoms with Gasteiger partial charge >= 0.3 is 0 Å². The number of nitrogens with one attached hydrogen (secondary N) is 1. The molecule has 0 aliphatic carbocycles. The van der Waals surface area contributed by atoms with Gasteiger partial charge in [-0.25, -0.2) is 0 Å². The maximum Gasteiger partial charge on any atom is 0.228 e. The van der Waals surface area contributed by atoms with Gasteiger partial charge in [-0.1, -0.05) is 30.3 Å².